The maximum atomic E-state index is 13.3. The number of anilines is 1. The third-order valence-electron chi connectivity index (χ3n) is 5.35. The summed E-state index contributed by atoms with van der Waals surface area (Å²) in [5.74, 6) is -3.42. The average molecular weight is 343 g/mol. The molecule has 3 aliphatic rings. The Balaban J connectivity index is 1.84. The minimum absolute atomic E-state index is 0.294. The molecule has 1 N–H and O–H groups in total. The lowest BCUT2D eigenvalue weighted by Crippen LogP contribution is -2.45. The molecule has 1 aromatic rings. The predicted octanol–water partition coefficient (Wildman–Crippen LogP) is 2.53. The van der Waals surface area contributed by atoms with Gasteiger partial charge >= 0.3 is 5.97 Å². The Kier molecular flexibility index (Phi) is 3.37. The van der Waals surface area contributed by atoms with E-state index in [2.05, 4.69) is 6.58 Å². The highest BCUT2D eigenvalue weighted by molar-refractivity contribution is 6.03. The first-order valence-electron chi connectivity index (χ1n) is 8.18. The number of fused-ring (bicyclic) bond motifs is 1. The maximum Gasteiger partial charge on any atom is 0.310 e. The molecule has 2 saturated heterocycles. The van der Waals surface area contributed by atoms with Crippen molar-refractivity contribution in [3.63, 3.8) is 0 Å². The van der Waals surface area contributed by atoms with Crippen LogP contribution in [0.4, 0.5) is 10.1 Å². The summed E-state index contributed by atoms with van der Waals surface area (Å²) in [6, 6.07) is 5.23. The van der Waals surface area contributed by atoms with E-state index >= 15 is 0 Å². The number of amides is 1. The third-order valence-corrected chi connectivity index (χ3v) is 5.35. The first kappa shape index (κ1) is 16.0. The minimum Gasteiger partial charge on any atom is -0.481 e. The molecule has 0 aliphatic carbocycles. The van der Waals surface area contributed by atoms with Gasteiger partial charge in [-0.25, -0.2) is 4.39 Å². The molecule has 5 atom stereocenters. The molecule has 25 heavy (non-hydrogen) atoms. The van der Waals surface area contributed by atoms with Crippen molar-refractivity contribution in [2.45, 2.75) is 31.1 Å². The van der Waals surface area contributed by atoms with E-state index in [0.29, 0.717) is 12.1 Å². The van der Waals surface area contributed by atoms with Gasteiger partial charge in [-0.15, -0.1) is 6.58 Å². The monoisotopic (exact) mass is 343 g/mol. The second kappa shape index (κ2) is 5.26. The fourth-order valence-corrected chi connectivity index (χ4v) is 4.42. The van der Waals surface area contributed by atoms with Crippen molar-refractivity contribution in [3.05, 3.63) is 54.4 Å². The van der Waals surface area contributed by atoms with E-state index in [9.17, 15) is 19.1 Å². The maximum absolute atomic E-state index is 13.3. The Morgan fingerprint density at radius 2 is 2.08 bits per heavy atom. The number of aliphatic carboxylic acids is 1. The van der Waals surface area contributed by atoms with Crippen molar-refractivity contribution in [3.8, 4) is 0 Å². The minimum atomic E-state index is -1.04. The van der Waals surface area contributed by atoms with Crippen molar-refractivity contribution >= 4 is 17.6 Å². The Hall–Kier alpha value is -2.47. The van der Waals surface area contributed by atoms with Gasteiger partial charge in [0.2, 0.25) is 5.91 Å². The lowest BCUT2D eigenvalue weighted by atomic mass is 9.74. The molecule has 3 heterocycles. The SMILES string of the molecule is C=C(C)C[C@@H]1N(c2ccc(F)cc2)C(=O)[C@@H]2[C@@H](C(=O)O)[C@H]3C=C[C@]21O3. The molecule has 1 aromatic carbocycles. The number of carbonyl (C=O) groups excluding carboxylic acids is 1. The van der Waals surface area contributed by atoms with Crippen molar-refractivity contribution in [2.75, 3.05) is 4.90 Å². The third kappa shape index (κ3) is 2.10. The van der Waals surface area contributed by atoms with E-state index in [1.54, 1.807) is 11.0 Å². The van der Waals surface area contributed by atoms with Gasteiger partial charge in [0.25, 0.3) is 0 Å². The zero-order valence-electron chi connectivity index (χ0n) is 13.7. The Morgan fingerprint density at radius 3 is 2.68 bits per heavy atom. The van der Waals surface area contributed by atoms with Crippen LogP contribution in [0.15, 0.2) is 48.6 Å². The second-order valence-electron chi connectivity index (χ2n) is 7.00. The molecule has 0 saturated carbocycles. The predicted molar refractivity (Wildman–Crippen MR) is 88.5 cm³/mol. The summed E-state index contributed by atoms with van der Waals surface area (Å²) in [6.45, 7) is 5.80. The zero-order chi connectivity index (χ0) is 17.9. The highest BCUT2D eigenvalue weighted by atomic mass is 19.1. The van der Waals surface area contributed by atoms with Gasteiger partial charge in [0.1, 0.15) is 17.3 Å². The molecule has 0 radical (unpaired) electrons. The number of rotatable bonds is 4. The van der Waals surface area contributed by atoms with E-state index in [-0.39, 0.29) is 5.91 Å². The lowest BCUT2D eigenvalue weighted by molar-refractivity contribution is -0.146. The number of benzene rings is 1. The Labute approximate surface area is 144 Å². The summed E-state index contributed by atoms with van der Waals surface area (Å²) in [6.07, 6.45) is 3.46. The molecule has 6 heteroatoms. The largest absolute Gasteiger partial charge is 0.481 e. The van der Waals surface area contributed by atoms with Crippen LogP contribution in [0.3, 0.4) is 0 Å². The molecule has 5 nitrogen and oxygen atoms in total. The molecule has 1 spiro atoms. The zero-order valence-corrected chi connectivity index (χ0v) is 13.7. The Bertz CT molecular complexity index is 802. The first-order valence-corrected chi connectivity index (χ1v) is 8.18. The lowest BCUT2D eigenvalue weighted by Gasteiger charge is -2.33. The van der Waals surface area contributed by atoms with Crippen LogP contribution in [-0.4, -0.2) is 34.7 Å². The smallest absolute Gasteiger partial charge is 0.310 e. The van der Waals surface area contributed by atoms with Crippen LogP contribution < -0.4 is 4.90 Å². The normalized spacial score (nSPS) is 35.3. The van der Waals surface area contributed by atoms with E-state index in [0.717, 1.165) is 5.57 Å². The number of carboxylic acids is 1. The number of carboxylic acid groups (broad SMARTS) is 1. The van der Waals surface area contributed by atoms with Gasteiger partial charge in [0.15, 0.2) is 0 Å². The molecule has 2 fully saturated rings. The molecule has 3 aliphatic heterocycles. The van der Waals surface area contributed by atoms with Gasteiger partial charge in [-0.1, -0.05) is 17.7 Å². The summed E-state index contributed by atoms with van der Waals surface area (Å²) in [4.78, 5) is 26.5. The van der Waals surface area contributed by atoms with Crippen LogP contribution in [-0.2, 0) is 14.3 Å². The molecule has 2 bridgehead atoms. The van der Waals surface area contributed by atoms with Crippen LogP contribution >= 0.6 is 0 Å². The summed E-state index contributed by atoms with van der Waals surface area (Å²) in [5.41, 5.74) is 0.420. The Morgan fingerprint density at radius 1 is 1.40 bits per heavy atom. The van der Waals surface area contributed by atoms with Crippen LogP contribution in [0.25, 0.3) is 0 Å². The summed E-state index contributed by atoms with van der Waals surface area (Å²) in [5, 5.41) is 9.61. The number of nitrogens with zero attached hydrogens (tertiary/aromatic N) is 1. The van der Waals surface area contributed by atoms with Gasteiger partial charge in [0.05, 0.1) is 18.1 Å². The van der Waals surface area contributed by atoms with Crippen molar-refractivity contribution in [2.24, 2.45) is 11.8 Å². The fraction of sp³-hybridized carbons (Fsp3) is 0.368. The van der Waals surface area contributed by atoms with Crippen LogP contribution in [0.5, 0.6) is 0 Å². The van der Waals surface area contributed by atoms with E-state index in [1.807, 2.05) is 13.0 Å². The number of ether oxygens (including phenoxy) is 1. The summed E-state index contributed by atoms with van der Waals surface area (Å²) in [7, 11) is 0. The molecule has 0 aromatic heterocycles. The summed E-state index contributed by atoms with van der Waals surface area (Å²) >= 11 is 0. The van der Waals surface area contributed by atoms with E-state index in [1.165, 1.54) is 24.3 Å². The molecule has 4 rings (SSSR count). The van der Waals surface area contributed by atoms with Gasteiger partial charge in [-0.2, -0.15) is 0 Å². The number of hydrogen-bond acceptors (Lipinski definition) is 3. The van der Waals surface area contributed by atoms with Crippen molar-refractivity contribution in [1.82, 2.24) is 0 Å². The van der Waals surface area contributed by atoms with E-state index in [4.69, 9.17) is 4.74 Å². The highest BCUT2D eigenvalue weighted by Crippen LogP contribution is 2.56. The first-order chi connectivity index (χ1) is 11.8. The average Bonchev–Trinajstić information content (AvgIpc) is 3.18. The topological polar surface area (TPSA) is 66.8 Å². The number of halogens is 1. The highest BCUT2D eigenvalue weighted by Gasteiger charge is 2.71. The molecular weight excluding hydrogens is 325 g/mol. The van der Waals surface area contributed by atoms with Gasteiger partial charge in [0, 0.05) is 5.69 Å². The van der Waals surface area contributed by atoms with Crippen LogP contribution in [0, 0.1) is 17.7 Å². The van der Waals surface area contributed by atoms with Crippen molar-refractivity contribution < 1.29 is 23.8 Å². The van der Waals surface area contributed by atoms with Crippen LogP contribution in [0.1, 0.15) is 13.3 Å². The van der Waals surface area contributed by atoms with Crippen molar-refractivity contribution in [1.29, 1.82) is 0 Å². The molecular formula is C19H18FNO4. The van der Waals surface area contributed by atoms with Crippen LogP contribution in [0.2, 0.25) is 0 Å². The molecule has 1 amide bonds. The molecule has 130 valence electrons. The second-order valence-corrected chi connectivity index (χ2v) is 7.00. The van der Waals surface area contributed by atoms with Gasteiger partial charge < -0.3 is 14.7 Å². The number of hydrogen-bond donors (Lipinski definition) is 1. The standard InChI is InChI=1S/C19H18FNO4/c1-10(2)9-14-19-8-7-13(25-19)15(18(23)24)16(19)17(22)21(14)12-5-3-11(20)4-6-12/h3-8,13-16H,1,9H2,2H3,(H,23,24)/t13-,14+,15+,16+,19-/m1/s1. The fourth-order valence-electron chi connectivity index (χ4n) is 4.42. The summed E-state index contributed by atoms with van der Waals surface area (Å²) < 4.78 is 19.3. The molecule has 0 unspecified atom stereocenters. The number of carbonyl (C=O) groups is 2. The van der Waals surface area contributed by atoms with E-state index < -0.39 is 41.4 Å². The van der Waals surface area contributed by atoms with Gasteiger partial charge in [-0.05, 0) is 37.6 Å². The van der Waals surface area contributed by atoms with Gasteiger partial charge in [-0.3, -0.25) is 9.59 Å². The quantitative estimate of drug-likeness (QED) is 0.853.